The smallest absolute Gasteiger partial charge is 0.335 e. The van der Waals surface area contributed by atoms with Crippen LogP contribution in [0.15, 0.2) is 30.3 Å². The number of allylic oxidation sites excluding steroid dienone is 1. The van der Waals surface area contributed by atoms with Gasteiger partial charge >= 0.3 is 11.9 Å². The molecule has 0 saturated heterocycles. The molecule has 4 nitrogen and oxygen atoms in total. The number of carboxylic acids is 2. The fraction of sp³-hybridized carbons (Fsp3) is 0.407. The summed E-state index contributed by atoms with van der Waals surface area (Å²) in [5.41, 5.74) is 6.56. The van der Waals surface area contributed by atoms with Crippen LogP contribution in [0.25, 0.3) is 5.57 Å². The number of carbonyl (C=O) groups is 2. The first-order valence-electron chi connectivity index (χ1n) is 10.7. The molecule has 0 fully saturated rings. The summed E-state index contributed by atoms with van der Waals surface area (Å²) in [5.74, 6) is -1.92. The van der Waals surface area contributed by atoms with Crippen LogP contribution in [0.3, 0.4) is 0 Å². The second-order valence-corrected chi connectivity index (χ2v) is 9.61. The Morgan fingerprint density at radius 1 is 0.806 bits per heavy atom. The number of hydrogen-bond donors (Lipinski definition) is 2. The van der Waals surface area contributed by atoms with Gasteiger partial charge in [-0.3, -0.25) is 0 Å². The predicted molar refractivity (Wildman–Crippen MR) is 126 cm³/mol. The van der Waals surface area contributed by atoms with Gasteiger partial charge in [0.25, 0.3) is 0 Å². The normalized spacial score (nSPS) is 11.3. The average molecular weight is 423 g/mol. The molecule has 0 aromatic heterocycles. The Balaban J connectivity index is 2.66. The highest BCUT2D eigenvalue weighted by Gasteiger charge is 2.17. The third kappa shape index (κ3) is 6.06. The first kappa shape index (κ1) is 24.4. The minimum atomic E-state index is -0.958. The van der Waals surface area contributed by atoms with Crippen molar-refractivity contribution in [2.45, 2.75) is 67.7 Å². The lowest BCUT2D eigenvalue weighted by molar-refractivity contribution is 0.0685. The molecule has 0 aliphatic carbocycles. The zero-order chi connectivity index (χ0) is 23.5. The van der Waals surface area contributed by atoms with E-state index in [1.807, 2.05) is 39.8 Å². The third-order valence-electron chi connectivity index (χ3n) is 5.90. The van der Waals surface area contributed by atoms with Crippen LogP contribution in [0.1, 0.15) is 94.1 Å². The van der Waals surface area contributed by atoms with E-state index in [-0.39, 0.29) is 16.5 Å². The Bertz CT molecular complexity index is 965. The van der Waals surface area contributed by atoms with Gasteiger partial charge in [0.1, 0.15) is 0 Å². The summed E-state index contributed by atoms with van der Waals surface area (Å²) in [6.07, 6.45) is 5.02. The summed E-state index contributed by atoms with van der Waals surface area (Å²) in [5, 5.41) is 19.3. The predicted octanol–water partition coefficient (Wildman–Crippen LogP) is 6.96. The van der Waals surface area contributed by atoms with Gasteiger partial charge in [0.2, 0.25) is 0 Å². The quantitative estimate of drug-likeness (QED) is 0.473. The fourth-order valence-electron chi connectivity index (χ4n) is 3.76. The van der Waals surface area contributed by atoms with E-state index in [1.165, 1.54) is 0 Å². The van der Waals surface area contributed by atoms with Crippen molar-refractivity contribution < 1.29 is 19.8 Å². The van der Waals surface area contributed by atoms with Gasteiger partial charge in [-0.05, 0) is 103 Å². The van der Waals surface area contributed by atoms with Crippen molar-refractivity contribution in [2.75, 3.05) is 0 Å². The summed E-state index contributed by atoms with van der Waals surface area (Å²) in [7, 11) is 0. The molecule has 0 radical (unpaired) electrons. The molecule has 0 spiro atoms. The Morgan fingerprint density at radius 3 is 1.58 bits per heavy atom. The molecular formula is C27H34O4. The first-order chi connectivity index (χ1) is 14.3. The van der Waals surface area contributed by atoms with Gasteiger partial charge in [-0.15, -0.1) is 0 Å². The maximum absolute atomic E-state index is 11.8. The fourth-order valence-corrected chi connectivity index (χ4v) is 3.76. The largest absolute Gasteiger partial charge is 0.478 e. The number of hydrogen-bond acceptors (Lipinski definition) is 2. The summed E-state index contributed by atoms with van der Waals surface area (Å²) >= 11 is 0. The maximum Gasteiger partial charge on any atom is 0.335 e. The van der Waals surface area contributed by atoms with E-state index in [0.717, 1.165) is 58.2 Å². The summed E-state index contributed by atoms with van der Waals surface area (Å²) in [6, 6.07) is 7.39. The van der Waals surface area contributed by atoms with Gasteiger partial charge in [0, 0.05) is 0 Å². The van der Waals surface area contributed by atoms with Crippen LogP contribution in [0.4, 0.5) is 0 Å². The first-order valence-corrected chi connectivity index (χ1v) is 10.7. The SMILES string of the molecule is Cc1cc(C(=CCCCC(C)(C)C)c2cc(C)c(C)c(C(=O)O)c2)cc(C(=O)O)c1C. The number of benzene rings is 2. The molecule has 2 aromatic rings. The van der Waals surface area contributed by atoms with Crippen molar-refractivity contribution in [1.29, 1.82) is 0 Å². The lowest BCUT2D eigenvalue weighted by atomic mass is 9.87. The molecule has 0 aliphatic heterocycles. The molecule has 0 heterocycles. The molecule has 0 saturated carbocycles. The number of unbranched alkanes of at least 4 members (excludes halogenated alkanes) is 1. The van der Waals surface area contributed by atoms with Crippen LogP contribution < -0.4 is 0 Å². The van der Waals surface area contributed by atoms with Gasteiger partial charge < -0.3 is 10.2 Å². The highest BCUT2D eigenvalue weighted by molar-refractivity contribution is 5.94. The van der Waals surface area contributed by atoms with Crippen molar-refractivity contribution in [1.82, 2.24) is 0 Å². The van der Waals surface area contributed by atoms with Gasteiger partial charge in [0.05, 0.1) is 11.1 Å². The minimum Gasteiger partial charge on any atom is -0.478 e. The zero-order valence-corrected chi connectivity index (χ0v) is 19.7. The third-order valence-corrected chi connectivity index (χ3v) is 5.90. The van der Waals surface area contributed by atoms with Crippen molar-refractivity contribution in [2.24, 2.45) is 5.41 Å². The molecule has 4 heteroatoms. The Labute approximate surface area is 185 Å². The number of aryl methyl sites for hydroxylation is 2. The van der Waals surface area contributed by atoms with E-state index in [9.17, 15) is 19.8 Å². The lowest BCUT2D eigenvalue weighted by Gasteiger charge is -2.18. The van der Waals surface area contributed by atoms with Crippen molar-refractivity contribution in [3.05, 3.63) is 74.8 Å². The molecular weight excluding hydrogens is 388 g/mol. The van der Waals surface area contributed by atoms with Crippen LogP contribution in [-0.2, 0) is 0 Å². The number of aromatic carboxylic acids is 2. The standard InChI is InChI=1S/C27H34O4/c1-16-12-20(14-23(18(16)3)25(28)29)22(10-8-9-11-27(5,6)7)21-13-17(2)19(4)24(15-21)26(30)31/h10,12-15H,8-9,11H2,1-7H3,(H,28,29)(H,30,31). The van der Waals surface area contributed by atoms with E-state index in [0.29, 0.717) is 0 Å². The Hall–Kier alpha value is -2.88. The Kier molecular flexibility index (Phi) is 7.48. The second kappa shape index (κ2) is 9.51. The van der Waals surface area contributed by atoms with Crippen LogP contribution in [-0.4, -0.2) is 22.2 Å². The van der Waals surface area contributed by atoms with Crippen molar-refractivity contribution in [3.8, 4) is 0 Å². The lowest BCUT2D eigenvalue weighted by Crippen LogP contribution is -2.06. The van der Waals surface area contributed by atoms with Gasteiger partial charge in [-0.2, -0.15) is 0 Å². The molecule has 2 aromatic carbocycles. The highest BCUT2D eigenvalue weighted by atomic mass is 16.4. The summed E-state index contributed by atoms with van der Waals surface area (Å²) in [6.45, 7) is 14.1. The van der Waals surface area contributed by atoms with E-state index in [2.05, 4.69) is 26.8 Å². The van der Waals surface area contributed by atoms with E-state index in [1.54, 1.807) is 12.1 Å². The average Bonchev–Trinajstić information content (AvgIpc) is 2.65. The van der Waals surface area contributed by atoms with Crippen molar-refractivity contribution in [3.63, 3.8) is 0 Å². The van der Waals surface area contributed by atoms with Crippen LogP contribution in [0.2, 0.25) is 0 Å². The molecule has 0 unspecified atom stereocenters. The van der Waals surface area contributed by atoms with E-state index in [4.69, 9.17) is 0 Å². The highest BCUT2D eigenvalue weighted by Crippen LogP contribution is 2.31. The topological polar surface area (TPSA) is 74.6 Å². The summed E-state index contributed by atoms with van der Waals surface area (Å²) < 4.78 is 0. The molecule has 0 amide bonds. The summed E-state index contributed by atoms with van der Waals surface area (Å²) in [4.78, 5) is 23.6. The Morgan fingerprint density at radius 2 is 1.23 bits per heavy atom. The molecule has 2 N–H and O–H groups in total. The van der Waals surface area contributed by atoms with E-state index < -0.39 is 11.9 Å². The van der Waals surface area contributed by atoms with Crippen molar-refractivity contribution >= 4 is 17.5 Å². The minimum absolute atomic E-state index is 0.238. The number of rotatable bonds is 7. The van der Waals surface area contributed by atoms with Crippen LogP contribution in [0.5, 0.6) is 0 Å². The maximum atomic E-state index is 11.8. The molecule has 2 rings (SSSR count). The van der Waals surface area contributed by atoms with Crippen LogP contribution >= 0.6 is 0 Å². The number of carboxylic acid groups (broad SMARTS) is 2. The second-order valence-electron chi connectivity index (χ2n) is 9.61. The van der Waals surface area contributed by atoms with E-state index >= 15 is 0 Å². The van der Waals surface area contributed by atoms with Gasteiger partial charge in [-0.1, -0.05) is 39.0 Å². The van der Waals surface area contributed by atoms with Crippen LogP contribution in [0, 0.1) is 33.1 Å². The van der Waals surface area contributed by atoms with Gasteiger partial charge in [0.15, 0.2) is 0 Å². The molecule has 0 bridgehead atoms. The van der Waals surface area contributed by atoms with Gasteiger partial charge in [-0.25, -0.2) is 9.59 Å². The molecule has 31 heavy (non-hydrogen) atoms. The molecule has 166 valence electrons. The molecule has 0 atom stereocenters. The monoisotopic (exact) mass is 422 g/mol. The molecule has 0 aliphatic rings. The zero-order valence-electron chi connectivity index (χ0n) is 19.7.